The van der Waals surface area contributed by atoms with E-state index in [1.165, 1.54) is 12.5 Å². The van der Waals surface area contributed by atoms with Crippen LogP contribution >= 0.6 is 0 Å². The number of rotatable bonds is 3. The normalized spacial score (nSPS) is 10.2. The maximum absolute atomic E-state index is 9.64. The van der Waals surface area contributed by atoms with Crippen molar-refractivity contribution in [3.05, 3.63) is 49.2 Å². The molecule has 0 aliphatic rings. The zero-order valence-corrected chi connectivity index (χ0v) is 10.7. The molecule has 0 saturated carbocycles. The first kappa shape index (κ1) is 17.5. The van der Waals surface area contributed by atoms with Crippen LogP contribution in [0.5, 0.6) is 0 Å². The second-order valence-electron chi connectivity index (χ2n) is 3.26. The first-order valence-electron chi connectivity index (χ1n) is 5.02. The number of carbonyl (C=O) groups is 1. The fourth-order valence-corrected chi connectivity index (χ4v) is 0.825. The van der Waals surface area contributed by atoms with Crippen LogP contribution in [0.1, 0.15) is 25.8 Å². The molecule has 2 nitrogen and oxygen atoms in total. The number of aliphatic carboxylic acids is 1. The van der Waals surface area contributed by atoms with Crippen LogP contribution < -0.4 is 0 Å². The fraction of sp³-hybridized carbons (Fsp3) is 0.308. The molecule has 0 saturated heterocycles. The van der Waals surface area contributed by atoms with Gasteiger partial charge in [-0.25, -0.2) is 0 Å². The molecule has 1 rings (SSSR count). The Labute approximate surface area is 108 Å². The van der Waals surface area contributed by atoms with Crippen LogP contribution in [0.3, 0.4) is 0 Å². The van der Waals surface area contributed by atoms with Crippen molar-refractivity contribution in [3.8, 4) is 0 Å². The van der Waals surface area contributed by atoms with E-state index in [0.717, 1.165) is 6.42 Å². The van der Waals surface area contributed by atoms with E-state index < -0.39 is 11.9 Å². The summed E-state index contributed by atoms with van der Waals surface area (Å²) in [6, 6.07) is 10.4. The van der Waals surface area contributed by atoms with Crippen LogP contribution in [-0.4, -0.2) is 11.1 Å². The summed E-state index contributed by atoms with van der Waals surface area (Å²) in [5, 5.41) is 7.93. The molecule has 0 aliphatic heterocycles. The van der Waals surface area contributed by atoms with Crippen LogP contribution in [-0.2, 0) is 21.6 Å². The van der Waals surface area contributed by atoms with Gasteiger partial charge in [-0.05, 0) is 0 Å². The molecule has 0 bridgehead atoms. The molecule has 0 aromatic heterocycles. The van der Waals surface area contributed by atoms with Crippen molar-refractivity contribution >= 4 is 5.97 Å². The molecule has 1 aromatic rings. The Balaban J connectivity index is 0. The van der Waals surface area contributed by atoms with Crippen molar-refractivity contribution in [1.29, 1.82) is 0 Å². The van der Waals surface area contributed by atoms with Crippen molar-refractivity contribution in [1.82, 2.24) is 0 Å². The maximum atomic E-state index is 9.64. The Morgan fingerprint density at radius 2 is 1.88 bits per heavy atom. The van der Waals surface area contributed by atoms with Crippen LogP contribution in [0.25, 0.3) is 0 Å². The summed E-state index contributed by atoms with van der Waals surface area (Å²) in [7, 11) is 0. The number of hydrogen-bond acceptors (Lipinski definition) is 1. The summed E-state index contributed by atoms with van der Waals surface area (Å²) in [5.74, 6) is -1.33. The van der Waals surface area contributed by atoms with Crippen LogP contribution in [0, 0.1) is 19.3 Å². The van der Waals surface area contributed by atoms with E-state index in [2.05, 4.69) is 44.5 Å². The quantitative estimate of drug-likeness (QED) is 0.852. The molecule has 16 heavy (non-hydrogen) atoms. The van der Waals surface area contributed by atoms with E-state index in [1.54, 1.807) is 0 Å². The van der Waals surface area contributed by atoms with Gasteiger partial charge in [0.2, 0.25) is 0 Å². The van der Waals surface area contributed by atoms with E-state index in [0.29, 0.717) is 0 Å². The van der Waals surface area contributed by atoms with Crippen LogP contribution in [0.15, 0.2) is 30.3 Å². The van der Waals surface area contributed by atoms with Gasteiger partial charge in [0.15, 0.2) is 0 Å². The predicted octanol–water partition coefficient (Wildman–Crippen LogP) is 3.19. The van der Waals surface area contributed by atoms with Gasteiger partial charge in [-0.1, -0.05) is 32.3 Å². The first-order chi connectivity index (χ1) is 7.07. The Morgan fingerprint density at radius 3 is 2.19 bits per heavy atom. The molecule has 1 unspecified atom stereocenters. The second kappa shape index (κ2) is 10.6. The van der Waals surface area contributed by atoms with Crippen molar-refractivity contribution in [3.63, 3.8) is 0 Å². The molecule has 1 aromatic carbocycles. The Bertz CT molecular complexity index is 271. The molecule has 1 atom stereocenters. The monoisotopic (exact) mass is 265 g/mol. The number of carboxylic acid groups (broad SMARTS) is 1. The molecule has 0 amide bonds. The maximum Gasteiger partial charge on any atom is 2.00 e. The van der Waals surface area contributed by atoms with Gasteiger partial charge in [0.05, 0.1) is 0 Å². The third-order valence-electron chi connectivity index (χ3n) is 1.66. The van der Waals surface area contributed by atoms with Crippen molar-refractivity contribution < 1.29 is 26.7 Å². The van der Waals surface area contributed by atoms with Crippen LogP contribution in [0.2, 0.25) is 0 Å². The fourth-order valence-electron chi connectivity index (χ4n) is 0.825. The summed E-state index contributed by atoms with van der Waals surface area (Å²) in [6.07, 6.45) is 3.32. The molecule has 91 valence electrons. The van der Waals surface area contributed by atoms with Gasteiger partial charge in [-0.3, -0.25) is 4.79 Å². The molecular weight excluding hydrogens is 247 g/mol. The van der Waals surface area contributed by atoms with Gasteiger partial charge in [0.1, 0.15) is 0 Å². The summed E-state index contributed by atoms with van der Waals surface area (Å²) in [4.78, 5) is 9.64. The van der Waals surface area contributed by atoms with E-state index in [9.17, 15) is 4.79 Å². The summed E-state index contributed by atoms with van der Waals surface area (Å²) < 4.78 is 0. The SMILES string of the molecule is CC[CH-]c1ccccc1.[CH2-]C(C)C(=O)O.[Co+2]. The van der Waals surface area contributed by atoms with E-state index >= 15 is 0 Å². The third-order valence-corrected chi connectivity index (χ3v) is 1.66. The molecule has 0 fully saturated rings. The number of benzene rings is 1. The van der Waals surface area contributed by atoms with Gasteiger partial charge in [-0.2, -0.15) is 24.1 Å². The molecule has 3 heteroatoms. The summed E-state index contributed by atoms with van der Waals surface area (Å²) in [5.41, 5.74) is 1.32. The van der Waals surface area contributed by atoms with E-state index in [1.807, 2.05) is 6.07 Å². The average molecular weight is 265 g/mol. The van der Waals surface area contributed by atoms with Crippen molar-refractivity contribution in [2.45, 2.75) is 20.3 Å². The number of hydrogen-bond donors (Lipinski definition) is 1. The van der Waals surface area contributed by atoms with Crippen molar-refractivity contribution in [2.75, 3.05) is 0 Å². The summed E-state index contributed by atoms with van der Waals surface area (Å²) >= 11 is 0. The van der Waals surface area contributed by atoms with Gasteiger partial charge >= 0.3 is 16.8 Å². The zero-order valence-electron chi connectivity index (χ0n) is 9.64. The Hall–Kier alpha value is -0.934. The van der Waals surface area contributed by atoms with E-state index in [-0.39, 0.29) is 16.8 Å². The molecular formula is C13H18CoO2. The molecule has 1 N–H and O–H groups in total. The first-order valence-corrected chi connectivity index (χ1v) is 5.02. The molecule has 0 heterocycles. The minimum atomic E-state index is -0.852. The van der Waals surface area contributed by atoms with Crippen LogP contribution in [0.4, 0.5) is 0 Å². The van der Waals surface area contributed by atoms with Crippen molar-refractivity contribution in [2.24, 2.45) is 5.92 Å². The third kappa shape index (κ3) is 9.62. The zero-order chi connectivity index (χ0) is 11.7. The van der Waals surface area contributed by atoms with E-state index in [4.69, 9.17) is 5.11 Å². The smallest absolute Gasteiger partial charge is 0.483 e. The molecule has 0 aliphatic carbocycles. The standard InChI is InChI=1S/C9H11.C4H7O2.Co/c1-2-6-9-7-4-3-5-8-9;1-3(2)4(5)6;/h3-8H,2H2,1H3;3H,1H2,2H3,(H,5,6);/q2*-1;+2. The van der Waals surface area contributed by atoms with Gasteiger partial charge in [0.25, 0.3) is 5.97 Å². The van der Waals surface area contributed by atoms with Gasteiger partial charge < -0.3 is 12.0 Å². The Morgan fingerprint density at radius 1 is 1.44 bits per heavy atom. The molecule has 1 radical (unpaired) electrons. The average Bonchev–Trinajstić information content (AvgIpc) is 2.20. The largest absolute Gasteiger partial charge is 2.00 e. The number of carboxylic acids is 1. The predicted molar refractivity (Wildman–Crippen MR) is 62.3 cm³/mol. The van der Waals surface area contributed by atoms with Gasteiger partial charge in [-0.15, -0.1) is 12.1 Å². The van der Waals surface area contributed by atoms with Gasteiger partial charge in [0, 0.05) is 0 Å². The second-order valence-corrected chi connectivity index (χ2v) is 3.26. The minimum absolute atomic E-state index is 0. The Kier molecular flexibility index (Phi) is 11.5. The molecule has 0 spiro atoms. The summed E-state index contributed by atoms with van der Waals surface area (Å²) in [6.45, 7) is 6.91. The minimum Gasteiger partial charge on any atom is -0.483 e. The topological polar surface area (TPSA) is 37.3 Å².